The second-order valence-corrected chi connectivity index (χ2v) is 9.35. The SMILES string of the molecule is CS(=O)(=O)NC(=O)c1ccc(N2CCC3(CC2)CC(=O)C3)cc1Br. The van der Waals surface area contributed by atoms with E-state index in [1.807, 2.05) is 16.9 Å². The Hall–Kier alpha value is -1.41. The second-order valence-electron chi connectivity index (χ2n) is 6.75. The van der Waals surface area contributed by atoms with Crippen molar-refractivity contribution in [3.05, 3.63) is 28.2 Å². The molecule has 0 bridgehead atoms. The molecule has 0 aromatic heterocycles. The lowest BCUT2D eigenvalue weighted by Crippen LogP contribution is -2.47. The fourth-order valence-corrected chi connectivity index (χ4v) is 4.48. The van der Waals surface area contributed by atoms with E-state index in [0.29, 0.717) is 10.3 Å². The molecule has 1 spiro atoms. The molecule has 3 rings (SSSR count). The van der Waals surface area contributed by atoms with Crippen molar-refractivity contribution in [1.82, 2.24) is 4.72 Å². The van der Waals surface area contributed by atoms with Crippen molar-refractivity contribution in [2.24, 2.45) is 5.41 Å². The number of ketones is 1. The molecule has 1 heterocycles. The topological polar surface area (TPSA) is 83.6 Å². The summed E-state index contributed by atoms with van der Waals surface area (Å²) in [6.07, 6.45) is 4.39. The number of halogens is 1. The van der Waals surface area contributed by atoms with Crippen LogP contribution in [-0.2, 0) is 14.8 Å². The predicted octanol–water partition coefficient (Wildman–Crippen LogP) is 2.09. The summed E-state index contributed by atoms with van der Waals surface area (Å²) in [5, 5.41) is 0. The highest BCUT2D eigenvalue weighted by Gasteiger charge is 2.45. The summed E-state index contributed by atoms with van der Waals surface area (Å²) < 4.78 is 24.9. The number of anilines is 1. The van der Waals surface area contributed by atoms with Crippen molar-refractivity contribution in [3.63, 3.8) is 0 Å². The standard InChI is InChI=1S/C16H19BrN2O4S/c1-24(22,23)18-15(21)13-3-2-11(8-14(13)17)19-6-4-16(5-7-19)9-12(20)10-16/h2-3,8H,4-7,9-10H2,1H3,(H,18,21). The van der Waals surface area contributed by atoms with E-state index < -0.39 is 15.9 Å². The summed E-state index contributed by atoms with van der Waals surface area (Å²) in [6, 6.07) is 5.28. The highest BCUT2D eigenvalue weighted by molar-refractivity contribution is 9.10. The zero-order valence-corrected chi connectivity index (χ0v) is 15.7. The van der Waals surface area contributed by atoms with Crippen LogP contribution >= 0.6 is 15.9 Å². The van der Waals surface area contributed by atoms with Gasteiger partial charge in [0.2, 0.25) is 10.0 Å². The molecule has 6 nitrogen and oxygen atoms in total. The van der Waals surface area contributed by atoms with Crippen molar-refractivity contribution in [3.8, 4) is 0 Å². The number of carbonyl (C=O) groups excluding carboxylic acids is 2. The Morgan fingerprint density at radius 3 is 2.38 bits per heavy atom. The van der Waals surface area contributed by atoms with Gasteiger partial charge in [0.15, 0.2) is 0 Å². The van der Waals surface area contributed by atoms with Crippen LogP contribution in [0.4, 0.5) is 5.69 Å². The number of rotatable bonds is 3. The molecule has 8 heteroatoms. The average molecular weight is 415 g/mol. The van der Waals surface area contributed by atoms with E-state index in [4.69, 9.17) is 0 Å². The molecule has 0 radical (unpaired) electrons. The van der Waals surface area contributed by atoms with Crippen molar-refractivity contribution >= 4 is 43.3 Å². The molecule has 130 valence electrons. The number of benzene rings is 1. The lowest BCUT2D eigenvalue weighted by atomic mass is 9.62. The number of hydrogen-bond acceptors (Lipinski definition) is 5. The summed E-state index contributed by atoms with van der Waals surface area (Å²) in [7, 11) is -3.59. The van der Waals surface area contributed by atoms with Gasteiger partial charge in [0, 0.05) is 36.1 Å². The maximum Gasteiger partial charge on any atom is 0.265 e. The zero-order chi connectivity index (χ0) is 17.5. The first-order valence-electron chi connectivity index (χ1n) is 7.76. The molecule has 1 amide bonds. The molecule has 2 fully saturated rings. The maximum absolute atomic E-state index is 12.0. The lowest BCUT2D eigenvalue weighted by molar-refractivity contribution is -0.133. The first-order chi connectivity index (χ1) is 11.2. The molecule has 1 aliphatic carbocycles. The van der Waals surface area contributed by atoms with E-state index in [9.17, 15) is 18.0 Å². The Morgan fingerprint density at radius 1 is 1.25 bits per heavy atom. The minimum atomic E-state index is -3.59. The van der Waals surface area contributed by atoms with Gasteiger partial charge in [-0.25, -0.2) is 13.1 Å². The van der Waals surface area contributed by atoms with Crippen molar-refractivity contribution < 1.29 is 18.0 Å². The Morgan fingerprint density at radius 2 is 1.88 bits per heavy atom. The summed E-state index contributed by atoms with van der Waals surface area (Å²) in [4.78, 5) is 25.5. The van der Waals surface area contributed by atoms with Gasteiger partial charge in [0.05, 0.1) is 11.8 Å². The third-order valence-electron chi connectivity index (χ3n) is 4.81. The van der Waals surface area contributed by atoms with Crippen LogP contribution < -0.4 is 9.62 Å². The van der Waals surface area contributed by atoms with Gasteiger partial charge in [-0.1, -0.05) is 0 Å². The first-order valence-corrected chi connectivity index (χ1v) is 10.4. The fourth-order valence-electron chi connectivity index (χ4n) is 3.49. The molecule has 24 heavy (non-hydrogen) atoms. The first kappa shape index (κ1) is 17.4. The van der Waals surface area contributed by atoms with Crippen LogP contribution in [0.5, 0.6) is 0 Å². The molecule has 1 saturated heterocycles. The van der Waals surface area contributed by atoms with Crippen molar-refractivity contribution in [1.29, 1.82) is 0 Å². The Kier molecular flexibility index (Phi) is 4.46. The lowest BCUT2D eigenvalue weighted by Gasteiger charge is -2.47. The molecular weight excluding hydrogens is 396 g/mol. The summed E-state index contributed by atoms with van der Waals surface area (Å²) >= 11 is 3.35. The quantitative estimate of drug-likeness (QED) is 0.818. The minimum Gasteiger partial charge on any atom is -0.371 e. The van der Waals surface area contributed by atoms with Gasteiger partial charge in [0.25, 0.3) is 5.91 Å². The van der Waals surface area contributed by atoms with Crippen LogP contribution in [0, 0.1) is 5.41 Å². The largest absolute Gasteiger partial charge is 0.371 e. The third-order valence-corrected chi connectivity index (χ3v) is 6.02. The number of piperidine rings is 1. The van der Waals surface area contributed by atoms with E-state index >= 15 is 0 Å². The average Bonchev–Trinajstić information content (AvgIpc) is 2.44. The van der Waals surface area contributed by atoms with Gasteiger partial charge >= 0.3 is 0 Å². The number of nitrogens with zero attached hydrogens (tertiary/aromatic N) is 1. The van der Waals surface area contributed by atoms with E-state index in [2.05, 4.69) is 20.8 Å². The van der Waals surface area contributed by atoms with Gasteiger partial charge in [-0.05, 0) is 52.4 Å². The highest BCUT2D eigenvalue weighted by atomic mass is 79.9. The maximum atomic E-state index is 12.0. The smallest absolute Gasteiger partial charge is 0.265 e. The van der Waals surface area contributed by atoms with E-state index in [0.717, 1.165) is 50.7 Å². The Labute approximate surface area is 149 Å². The van der Waals surface area contributed by atoms with E-state index in [1.165, 1.54) is 0 Å². The fraction of sp³-hybridized carbons (Fsp3) is 0.500. The van der Waals surface area contributed by atoms with Gasteiger partial charge < -0.3 is 4.90 Å². The number of Topliss-reactive ketones (excluding diaryl/α,β-unsaturated/α-hetero) is 1. The summed E-state index contributed by atoms with van der Waals surface area (Å²) in [5.41, 5.74) is 1.49. The van der Waals surface area contributed by atoms with Crippen LogP contribution in [0.3, 0.4) is 0 Å². The molecular formula is C16H19BrN2O4S. The second kappa shape index (κ2) is 6.15. The molecule has 1 N–H and O–H groups in total. The molecule has 2 aliphatic rings. The molecule has 0 atom stereocenters. The molecule has 1 aromatic rings. The molecule has 0 unspecified atom stereocenters. The van der Waals surface area contributed by atoms with E-state index in [-0.39, 0.29) is 11.0 Å². The van der Waals surface area contributed by atoms with Crippen LogP contribution in [-0.4, -0.2) is 39.5 Å². The van der Waals surface area contributed by atoms with Gasteiger partial charge in [0.1, 0.15) is 5.78 Å². The zero-order valence-electron chi connectivity index (χ0n) is 13.3. The molecule has 1 saturated carbocycles. The third kappa shape index (κ3) is 3.64. The van der Waals surface area contributed by atoms with Crippen LogP contribution in [0.25, 0.3) is 0 Å². The van der Waals surface area contributed by atoms with Crippen LogP contribution in [0.2, 0.25) is 0 Å². The Balaban J connectivity index is 1.69. The summed E-state index contributed by atoms with van der Waals surface area (Å²) in [6.45, 7) is 1.77. The van der Waals surface area contributed by atoms with Crippen LogP contribution in [0.15, 0.2) is 22.7 Å². The van der Waals surface area contributed by atoms with Gasteiger partial charge in [-0.2, -0.15) is 0 Å². The molecule has 1 aromatic carbocycles. The number of carbonyl (C=O) groups is 2. The monoisotopic (exact) mass is 414 g/mol. The Bertz CT molecular complexity index is 788. The number of nitrogens with one attached hydrogen (secondary N) is 1. The highest BCUT2D eigenvalue weighted by Crippen LogP contribution is 2.47. The minimum absolute atomic E-state index is 0.222. The number of sulfonamides is 1. The van der Waals surface area contributed by atoms with E-state index in [1.54, 1.807) is 6.07 Å². The van der Waals surface area contributed by atoms with Crippen molar-refractivity contribution in [2.75, 3.05) is 24.2 Å². The predicted molar refractivity (Wildman–Crippen MR) is 94.6 cm³/mol. The summed E-state index contributed by atoms with van der Waals surface area (Å²) in [5.74, 6) is -0.283. The number of amides is 1. The van der Waals surface area contributed by atoms with Crippen molar-refractivity contribution in [2.45, 2.75) is 25.7 Å². The molecule has 1 aliphatic heterocycles. The van der Waals surface area contributed by atoms with Gasteiger partial charge in [-0.3, -0.25) is 9.59 Å². The van der Waals surface area contributed by atoms with Crippen LogP contribution in [0.1, 0.15) is 36.0 Å². The number of hydrogen-bond donors (Lipinski definition) is 1. The normalized spacial score (nSPS) is 19.9. The van der Waals surface area contributed by atoms with Gasteiger partial charge in [-0.15, -0.1) is 0 Å².